The average molecular weight is 404 g/mol. The Morgan fingerprint density at radius 1 is 1.00 bits per heavy atom. The number of anilines is 1. The number of methoxy groups -OCH3 is 1. The number of rotatable bonds is 6. The first kappa shape index (κ1) is 20.4. The Hall–Kier alpha value is -2.90. The molecule has 6 nitrogen and oxygen atoms in total. The van der Waals surface area contributed by atoms with Crippen molar-refractivity contribution in [3.8, 4) is 5.75 Å². The zero-order chi connectivity index (χ0) is 18.4. The van der Waals surface area contributed by atoms with Crippen LogP contribution in [-0.4, -0.2) is 25.5 Å². The fraction of sp³-hybridized carbons (Fsp3) is 0.0526. The van der Waals surface area contributed by atoms with Gasteiger partial charge < -0.3 is 4.74 Å². The van der Waals surface area contributed by atoms with Gasteiger partial charge in [0.2, 0.25) is 0 Å². The van der Waals surface area contributed by atoms with Crippen LogP contribution in [0, 0.1) is 0 Å². The van der Waals surface area contributed by atoms with Crippen LogP contribution in [0.3, 0.4) is 0 Å². The number of hydrogen-bond acceptors (Lipinski definition) is 5. The lowest BCUT2D eigenvalue weighted by atomic mass is 10.1. The minimum absolute atomic E-state index is 0. The van der Waals surface area contributed by atoms with Crippen LogP contribution in [0.4, 0.5) is 5.69 Å². The summed E-state index contributed by atoms with van der Waals surface area (Å²) in [4.78, 5) is 8.14. The van der Waals surface area contributed by atoms with Crippen LogP contribution in [0.25, 0.3) is 12.2 Å². The average Bonchev–Trinajstić information content (AvgIpc) is 2.68. The lowest BCUT2D eigenvalue weighted by Gasteiger charge is -2.11. The highest BCUT2D eigenvalue weighted by Crippen LogP contribution is 2.23. The lowest BCUT2D eigenvalue weighted by Crippen LogP contribution is -2.13. The van der Waals surface area contributed by atoms with E-state index in [1.165, 1.54) is 25.6 Å². The van der Waals surface area contributed by atoms with Crippen molar-refractivity contribution < 1.29 is 13.2 Å². The van der Waals surface area contributed by atoms with Crippen LogP contribution in [0.1, 0.15) is 11.3 Å². The lowest BCUT2D eigenvalue weighted by molar-refractivity contribution is 0.414. The van der Waals surface area contributed by atoms with Gasteiger partial charge in [-0.15, -0.1) is 12.4 Å². The molecule has 2 aromatic carbocycles. The maximum absolute atomic E-state index is 12.6. The maximum Gasteiger partial charge on any atom is 0.261 e. The maximum atomic E-state index is 12.6. The number of para-hydroxylation sites is 1. The van der Waals surface area contributed by atoms with Gasteiger partial charge in [0.1, 0.15) is 12.1 Å². The van der Waals surface area contributed by atoms with Gasteiger partial charge in [0.25, 0.3) is 10.0 Å². The van der Waals surface area contributed by atoms with Crippen LogP contribution in [0.15, 0.2) is 72.0 Å². The topological polar surface area (TPSA) is 81.2 Å². The van der Waals surface area contributed by atoms with E-state index in [1.807, 2.05) is 12.1 Å². The number of nitrogens with zero attached hydrogens (tertiary/aromatic N) is 2. The molecule has 0 saturated carbocycles. The molecule has 0 fully saturated rings. The molecule has 0 amide bonds. The number of halogens is 1. The van der Waals surface area contributed by atoms with E-state index in [2.05, 4.69) is 14.7 Å². The Kier molecular flexibility index (Phi) is 6.92. The molecule has 0 unspecified atom stereocenters. The van der Waals surface area contributed by atoms with Crippen LogP contribution >= 0.6 is 12.4 Å². The smallest absolute Gasteiger partial charge is 0.261 e. The second-order valence-electron chi connectivity index (χ2n) is 5.34. The van der Waals surface area contributed by atoms with Crippen molar-refractivity contribution in [2.24, 2.45) is 0 Å². The molecule has 1 heterocycles. The summed E-state index contributed by atoms with van der Waals surface area (Å²) < 4.78 is 32.9. The number of ether oxygens (including phenoxy) is 1. The normalized spacial score (nSPS) is 11.0. The minimum atomic E-state index is -3.71. The van der Waals surface area contributed by atoms with Crippen molar-refractivity contribution in [3.05, 3.63) is 78.4 Å². The summed E-state index contributed by atoms with van der Waals surface area (Å²) in [5.74, 6) is 0.595. The van der Waals surface area contributed by atoms with Gasteiger partial charge in [-0.05, 0) is 48.0 Å². The molecule has 3 aromatic rings. The van der Waals surface area contributed by atoms with Crippen LogP contribution < -0.4 is 9.46 Å². The van der Waals surface area contributed by atoms with Gasteiger partial charge >= 0.3 is 0 Å². The number of hydrogen-bond donors (Lipinski definition) is 1. The van der Waals surface area contributed by atoms with Crippen molar-refractivity contribution in [1.29, 1.82) is 0 Å². The van der Waals surface area contributed by atoms with E-state index in [1.54, 1.807) is 48.7 Å². The molecular formula is C19H18ClN3O3S. The molecule has 0 aliphatic rings. The summed E-state index contributed by atoms with van der Waals surface area (Å²) in [5, 5.41) is 0. The molecule has 1 N–H and O–H groups in total. The number of nitrogens with one attached hydrogen (secondary N) is 1. The predicted molar refractivity (Wildman–Crippen MR) is 108 cm³/mol. The molecule has 0 aliphatic carbocycles. The van der Waals surface area contributed by atoms with Gasteiger partial charge in [-0.25, -0.2) is 18.4 Å². The Morgan fingerprint density at radius 3 is 2.41 bits per heavy atom. The monoisotopic (exact) mass is 403 g/mol. The van der Waals surface area contributed by atoms with Crippen LogP contribution in [0.5, 0.6) is 5.75 Å². The molecule has 0 spiro atoms. The summed E-state index contributed by atoms with van der Waals surface area (Å²) in [7, 11) is -2.18. The number of benzene rings is 2. The molecule has 3 rings (SSSR count). The minimum Gasteiger partial charge on any atom is -0.497 e. The van der Waals surface area contributed by atoms with Crippen LogP contribution in [-0.2, 0) is 10.0 Å². The van der Waals surface area contributed by atoms with E-state index in [9.17, 15) is 8.42 Å². The summed E-state index contributed by atoms with van der Waals surface area (Å²) in [6.07, 6.45) is 6.69. The summed E-state index contributed by atoms with van der Waals surface area (Å²) in [5.41, 5.74) is 1.93. The molecule has 0 radical (unpaired) electrons. The molecule has 8 heteroatoms. The van der Waals surface area contributed by atoms with Gasteiger partial charge in [0.15, 0.2) is 0 Å². The Morgan fingerprint density at radius 2 is 1.74 bits per heavy atom. The third-order valence-corrected chi connectivity index (χ3v) is 4.99. The molecule has 27 heavy (non-hydrogen) atoms. The fourth-order valence-electron chi connectivity index (χ4n) is 2.27. The van der Waals surface area contributed by atoms with E-state index >= 15 is 0 Å². The highest BCUT2D eigenvalue weighted by molar-refractivity contribution is 7.92. The van der Waals surface area contributed by atoms with E-state index in [0.717, 1.165) is 11.3 Å². The van der Waals surface area contributed by atoms with E-state index in [4.69, 9.17) is 4.74 Å². The summed E-state index contributed by atoms with van der Waals surface area (Å²) in [6.45, 7) is 0. The van der Waals surface area contributed by atoms with E-state index in [0.29, 0.717) is 11.4 Å². The zero-order valence-corrected chi connectivity index (χ0v) is 16.1. The summed E-state index contributed by atoms with van der Waals surface area (Å²) >= 11 is 0. The van der Waals surface area contributed by atoms with Crippen molar-refractivity contribution in [1.82, 2.24) is 9.97 Å². The Labute approximate surface area is 164 Å². The quantitative estimate of drug-likeness (QED) is 0.675. The molecule has 1 aromatic heterocycles. The van der Waals surface area contributed by atoms with Crippen LogP contribution in [0.2, 0.25) is 0 Å². The van der Waals surface area contributed by atoms with Crippen molar-refractivity contribution in [3.63, 3.8) is 0 Å². The second-order valence-corrected chi connectivity index (χ2v) is 7.02. The largest absolute Gasteiger partial charge is 0.497 e. The van der Waals surface area contributed by atoms with Gasteiger partial charge in [0.05, 0.1) is 23.4 Å². The second kappa shape index (κ2) is 9.16. The van der Waals surface area contributed by atoms with E-state index < -0.39 is 10.0 Å². The van der Waals surface area contributed by atoms with Crippen molar-refractivity contribution >= 4 is 40.3 Å². The Bertz CT molecular complexity index is 1010. The molecule has 0 aliphatic heterocycles. The van der Waals surface area contributed by atoms with Gasteiger partial charge in [-0.2, -0.15) is 0 Å². The third-order valence-electron chi connectivity index (χ3n) is 3.61. The number of sulfonamides is 1. The van der Waals surface area contributed by atoms with Crippen molar-refractivity contribution in [2.45, 2.75) is 4.90 Å². The van der Waals surface area contributed by atoms with Gasteiger partial charge in [-0.3, -0.25) is 4.72 Å². The zero-order valence-electron chi connectivity index (χ0n) is 14.4. The number of aromatic nitrogens is 2. The first-order valence-electron chi connectivity index (χ1n) is 7.78. The Balaban J connectivity index is 0.00000261. The molecule has 0 saturated heterocycles. The van der Waals surface area contributed by atoms with Gasteiger partial charge in [0, 0.05) is 6.20 Å². The summed E-state index contributed by atoms with van der Waals surface area (Å²) in [6, 6.07) is 15.1. The highest BCUT2D eigenvalue weighted by Gasteiger charge is 2.15. The molecule has 140 valence electrons. The third kappa shape index (κ3) is 5.29. The SMILES string of the molecule is COc1ccc(S(=O)(=O)Nc2ccccc2/C=C/c2ccncn2)cc1.Cl. The fourth-order valence-corrected chi connectivity index (χ4v) is 3.36. The first-order valence-corrected chi connectivity index (χ1v) is 9.27. The first-order chi connectivity index (χ1) is 12.6. The molecular weight excluding hydrogens is 386 g/mol. The predicted octanol–water partition coefficient (Wildman–Crippen LogP) is 3.88. The highest BCUT2D eigenvalue weighted by atomic mass is 35.5. The van der Waals surface area contributed by atoms with E-state index in [-0.39, 0.29) is 17.3 Å². The molecule has 0 atom stereocenters. The molecule has 0 bridgehead atoms. The van der Waals surface area contributed by atoms with Crippen molar-refractivity contribution in [2.75, 3.05) is 11.8 Å². The van der Waals surface area contributed by atoms with Gasteiger partial charge in [-0.1, -0.05) is 24.3 Å². The standard InChI is InChI=1S/C19H17N3O3S.ClH/c1-25-17-8-10-18(11-9-17)26(23,24)22-19-5-3-2-4-15(19)6-7-16-12-13-20-14-21-16;/h2-14,22H,1H3;1H/b7-6+;.